The van der Waals surface area contributed by atoms with Crippen molar-refractivity contribution in [1.82, 2.24) is 0 Å². The van der Waals surface area contributed by atoms with E-state index in [-0.39, 0.29) is 0 Å². The lowest BCUT2D eigenvalue weighted by molar-refractivity contribution is 0.771. The maximum atomic E-state index is 4.31. The van der Waals surface area contributed by atoms with E-state index in [0.717, 1.165) is 0 Å². The van der Waals surface area contributed by atoms with Gasteiger partial charge in [0.05, 0.1) is 0 Å². The van der Waals surface area contributed by atoms with Gasteiger partial charge in [0.25, 0.3) is 0 Å². The number of hydrogen-bond donors (Lipinski definition) is 0. The predicted octanol–water partition coefficient (Wildman–Crippen LogP) is 8.61. The fourth-order valence-electron chi connectivity index (χ4n) is 3.19. The van der Waals surface area contributed by atoms with Crippen molar-refractivity contribution in [3.8, 4) is 0 Å². The van der Waals surface area contributed by atoms with E-state index >= 15 is 0 Å². The molecule has 1 aliphatic rings. The first-order valence-electron chi connectivity index (χ1n) is 9.81. The van der Waals surface area contributed by atoms with Crippen LogP contribution in [0.3, 0.4) is 0 Å². The molecule has 0 amide bonds. The molecule has 1 unspecified atom stereocenters. The minimum Gasteiger partial charge on any atom is -0.0988 e. The average molecular weight is 343 g/mol. The van der Waals surface area contributed by atoms with Gasteiger partial charge in [0.1, 0.15) is 0 Å². The highest BCUT2D eigenvalue weighted by molar-refractivity contribution is 5.61. The van der Waals surface area contributed by atoms with Crippen molar-refractivity contribution in [1.29, 1.82) is 0 Å². The van der Waals surface area contributed by atoms with E-state index in [1.165, 1.54) is 39.0 Å². The quantitative estimate of drug-likeness (QED) is 0.448. The first-order chi connectivity index (χ1) is 11.7. The summed E-state index contributed by atoms with van der Waals surface area (Å²) >= 11 is 0. The molecule has 0 spiro atoms. The second-order valence-electron chi connectivity index (χ2n) is 6.51. The van der Waals surface area contributed by atoms with E-state index in [0.29, 0.717) is 11.8 Å². The van der Waals surface area contributed by atoms with E-state index in [1.807, 2.05) is 33.8 Å². The van der Waals surface area contributed by atoms with E-state index in [2.05, 4.69) is 73.8 Å². The van der Waals surface area contributed by atoms with Crippen LogP contribution in [-0.4, -0.2) is 0 Å². The van der Waals surface area contributed by atoms with E-state index in [9.17, 15) is 0 Å². The minimum absolute atomic E-state index is 0.403. The summed E-state index contributed by atoms with van der Waals surface area (Å²) in [7, 11) is 0. The molecule has 1 atom stereocenters. The Balaban J connectivity index is 0. The molecule has 0 radical (unpaired) electrons. The fraction of sp³-hybridized carbons (Fsp3) is 0.520. The summed E-state index contributed by atoms with van der Waals surface area (Å²) in [4.78, 5) is 0. The van der Waals surface area contributed by atoms with Crippen molar-refractivity contribution in [3.05, 3.63) is 70.4 Å². The van der Waals surface area contributed by atoms with Gasteiger partial charge in [-0.3, -0.25) is 0 Å². The van der Waals surface area contributed by atoms with Gasteiger partial charge < -0.3 is 0 Å². The topological polar surface area (TPSA) is 0 Å². The molecule has 0 fully saturated rings. The van der Waals surface area contributed by atoms with Gasteiger partial charge in [-0.1, -0.05) is 91.0 Å². The molecule has 0 aromatic heterocycles. The lowest BCUT2D eigenvalue weighted by Crippen LogP contribution is -2.15. The smallest absolute Gasteiger partial charge is 0.00692 e. The van der Waals surface area contributed by atoms with Crippen LogP contribution in [0, 0.1) is 11.8 Å². The van der Waals surface area contributed by atoms with Gasteiger partial charge in [0.2, 0.25) is 0 Å². The molecule has 0 aromatic rings. The zero-order valence-corrected chi connectivity index (χ0v) is 18.8. The average Bonchev–Trinajstić information content (AvgIpc) is 2.59. The van der Waals surface area contributed by atoms with Gasteiger partial charge >= 0.3 is 0 Å². The van der Waals surface area contributed by atoms with E-state index in [1.54, 1.807) is 0 Å². The van der Waals surface area contributed by atoms with Gasteiger partial charge in [-0.15, -0.1) is 0 Å². The molecule has 0 heteroatoms. The Hall–Kier alpha value is -1.56. The second-order valence-corrected chi connectivity index (χ2v) is 6.51. The van der Waals surface area contributed by atoms with Crippen molar-refractivity contribution < 1.29 is 0 Å². The van der Waals surface area contributed by atoms with Crippen molar-refractivity contribution >= 4 is 0 Å². The first kappa shape index (κ1) is 25.7. The molecule has 0 nitrogen and oxygen atoms in total. The van der Waals surface area contributed by atoms with Gasteiger partial charge in [-0.2, -0.15) is 0 Å². The van der Waals surface area contributed by atoms with Crippen LogP contribution in [0.5, 0.6) is 0 Å². The molecule has 0 N–H and O–H groups in total. The summed E-state index contributed by atoms with van der Waals surface area (Å²) < 4.78 is 0. The van der Waals surface area contributed by atoms with Crippen LogP contribution < -0.4 is 0 Å². The Bertz CT molecular complexity index is 571. The summed E-state index contributed by atoms with van der Waals surface area (Å²) in [6, 6.07) is 0. The van der Waals surface area contributed by atoms with Gasteiger partial charge in [0.15, 0.2) is 0 Å². The molecule has 25 heavy (non-hydrogen) atoms. The lowest BCUT2D eigenvalue weighted by atomic mass is 9.74. The third-order valence-corrected chi connectivity index (χ3v) is 4.36. The molecular formula is C25H42. The standard InChI is InChI=1S/C21H30.2C2H6/c1-10-14(4)12-20-17(7)16(6)18(8)21(19(20)9)15(5)11-13(2)3;2*1-2/h10-13,19H,1,6H2,2-5,7-9H3;2*1-2H3/b14-12-,15-11-;;. The zero-order chi connectivity index (χ0) is 20.3. The van der Waals surface area contributed by atoms with Crippen molar-refractivity contribution in [2.75, 3.05) is 0 Å². The van der Waals surface area contributed by atoms with Gasteiger partial charge in [0, 0.05) is 5.92 Å². The Morgan fingerprint density at radius 2 is 1.48 bits per heavy atom. The van der Waals surface area contributed by atoms with Crippen LogP contribution in [0.1, 0.15) is 76.2 Å². The maximum Gasteiger partial charge on any atom is 0.00692 e. The van der Waals surface area contributed by atoms with Crippen LogP contribution in [-0.2, 0) is 0 Å². The predicted molar refractivity (Wildman–Crippen MR) is 119 cm³/mol. The largest absolute Gasteiger partial charge is 0.0988 e. The van der Waals surface area contributed by atoms with Crippen molar-refractivity contribution in [2.45, 2.75) is 76.2 Å². The Morgan fingerprint density at radius 3 is 1.88 bits per heavy atom. The molecule has 0 saturated heterocycles. The highest BCUT2D eigenvalue weighted by Gasteiger charge is 2.25. The van der Waals surface area contributed by atoms with Crippen molar-refractivity contribution in [2.24, 2.45) is 11.8 Å². The molecule has 0 saturated carbocycles. The number of allylic oxidation sites excluding steroid dienone is 10. The maximum absolute atomic E-state index is 4.31. The normalized spacial score (nSPS) is 18.6. The zero-order valence-electron chi connectivity index (χ0n) is 18.8. The van der Waals surface area contributed by atoms with Crippen molar-refractivity contribution in [3.63, 3.8) is 0 Å². The van der Waals surface area contributed by atoms with Crippen LogP contribution in [0.2, 0.25) is 0 Å². The summed E-state index contributed by atoms with van der Waals surface area (Å²) in [5, 5.41) is 0. The fourth-order valence-corrected chi connectivity index (χ4v) is 3.19. The Labute approximate surface area is 158 Å². The monoisotopic (exact) mass is 342 g/mol. The summed E-state index contributed by atoms with van der Waals surface area (Å²) in [5.41, 5.74) is 9.20. The van der Waals surface area contributed by atoms with E-state index in [4.69, 9.17) is 0 Å². The second kappa shape index (κ2) is 12.8. The van der Waals surface area contributed by atoms with Crippen LogP contribution in [0.4, 0.5) is 0 Å². The molecule has 1 rings (SSSR count). The number of rotatable bonds is 4. The molecular weight excluding hydrogens is 300 g/mol. The summed E-state index contributed by atoms with van der Waals surface area (Å²) in [6.07, 6.45) is 6.52. The third-order valence-electron chi connectivity index (χ3n) is 4.36. The third kappa shape index (κ3) is 7.06. The van der Waals surface area contributed by atoms with Crippen LogP contribution in [0.15, 0.2) is 70.4 Å². The molecule has 1 aliphatic carbocycles. The minimum atomic E-state index is 0.403. The van der Waals surface area contributed by atoms with Gasteiger partial charge in [-0.05, 0) is 61.5 Å². The molecule has 0 aliphatic heterocycles. The van der Waals surface area contributed by atoms with Gasteiger partial charge in [-0.25, -0.2) is 0 Å². The summed E-state index contributed by atoms with van der Waals surface area (Å²) in [5.74, 6) is 0.965. The van der Waals surface area contributed by atoms with Crippen LogP contribution in [0.25, 0.3) is 0 Å². The molecule has 0 aromatic carbocycles. The molecule has 0 bridgehead atoms. The molecule has 0 heterocycles. The molecule has 142 valence electrons. The number of hydrogen-bond acceptors (Lipinski definition) is 0. The Morgan fingerprint density at radius 1 is 1.00 bits per heavy atom. The highest BCUT2D eigenvalue weighted by atomic mass is 14.3. The van der Waals surface area contributed by atoms with Crippen LogP contribution >= 0.6 is 0 Å². The first-order valence-corrected chi connectivity index (χ1v) is 9.81. The van der Waals surface area contributed by atoms with E-state index < -0.39 is 0 Å². The lowest BCUT2D eigenvalue weighted by Gasteiger charge is -2.30. The highest BCUT2D eigenvalue weighted by Crippen LogP contribution is 2.41. The Kier molecular flexibility index (Phi) is 13.1. The summed E-state index contributed by atoms with van der Waals surface area (Å²) in [6.45, 7) is 31.6. The SMILES string of the molecule is C=C/C(C)=C\C1=C(C)C(=C)C(C)=C(/C(C)=C\C(C)C)C1C.CC.CC.